The van der Waals surface area contributed by atoms with Crippen LogP contribution in [0.5, 0.6) is 0 Å². The van der Waals surface area contributed by atoms with Crippen LogP contribution in [0, 0.1) is 3.57 Å². The van der Waals surface area contributed by atoms with Crippen LogP contribution in [0.25, 0.3) is 0 Å². The Kier molecular flexibility index (Phi) is 4.04. The smallest absolute Gasteiger partial charge is 0.255 e. The molecule has 0 bridgehead atoms. The molecule has 3 nitrogen and oxygen atoms in total. The Morgan fingerprint density at radius 2 is 2.18 bits per heavy atom. The molecule has 2 unspecified atom stereocenters. The summed E-state index contributed by atoms with van der Waals surface area (Å²) in [6.45, 7) is 2.85. The van der Waals surface area contributed by atoms with Crippen LogP contribution in [-0.4, -0.2) is 29.4 Å². The van der Waals surface area contributed by atoms with Crippen LogP contribution in [0.2, 0.25) is 0 Å². The van der Waals surface area contributed by atoms with Gasteiger partial charge in [-0.2, -0.15) is 0 Å². The molecule has 17 heavy (non-hydrogen) atoms. The van der Waals surface area contributed by atoms with E-state index in [0.29, 0.717) is 0 Å². The van der Waals surface area contributed by atoms with Gasteiger partial charge in [-0.3, -0.25) is 4.79 Å². The summed E-state index contributed by atoms with van der Waals surface area (Å²) in [4.78, 5) is 14.4. The minimum absolute atomic E-state index is 0.134. The maximum Gasteiger partial charge on any atom is 0.255 e. The van der Waals surface area contributed by atoms with E-state index in [2.05, 4.69) is 29.5 Å². The molecule has 4 heteroatoms. The van der Waals surface area contributed by atoms with E-state index in [1.807, 2.05) is 29.2 Å². The van der Waals surface area contributed by atoms with Crippen molar-refractivity contribution in [3.63, 3.8) is 0 Å². The number of rotatable bonds is 1. The molecule has 1 saturated heterocycles. The molecule has 2 rings (SSSR count). The number of benzene rings is 1. The normalized spacial score (nSPS) is 24.8. The van der Waals surface area contributed by atoms with E-state index in [4.69, 9.17) is 5.73 Å². The number of halogens is 1. The molecule has 1 fully saturated rings. The molecule has 1 aliphatic heterocycles. The Balaban J connectivity index is 2.18. The van der Waals surface area contributed by atoms with Crippen LogP contribution < -0.4 is 5.73 Å². The number of amides is 1. The number of carbonyl (C=O) groups excluding carboxylic acids is 1. The van der Waals surface area contributed by atoms with Gasteiger partial charge in [-0.05, 0) is 54.5 Å². The van der Waals surface area contributed by atoms with Gasteiger partial charge in [-0.15, -0.1) is 0 Å². The third kappa shape index (κ3) is 2.80. The maximum atomic E-state index is 12.4. The standard InChI is InChI=1S/C13H17IN2O/c1-9-8-10(15)6-7-16(9)13(17)11-4-2-3-5-12(11)14/h2-5,9-10H,6-8,15H2,1H3. The monoisotopic (exact) mass is 344 g/mol. The van der Waals surface area contributed by atoms with Crippen molar-refractivity contribution in [2.75, 3.05) is 6.54 Å². The first-order valence-electron chi connectivity index (χ1n) is 5.90. The lowest BCUT2D eigenvalue weighted by atomic mass is 9.98. The summed E-state index contributed by atoms with van der Waals surface area (Å²) < 4.78 is 1.01. The summed E-state index contributed by atoms with van der Waals surface area (Å²) in [5, 5.41) is 0. The molecular weight excluding hydrogens is 327 g/mol. The highest BCUT2D eigenvalue weighted by Gasteiger charge is 2.28. The fourth-order valence-electron chi connectivity index (χ4n) is 2.30. The minimum Gasteiger partial charge on any atom is -0.336 e. The Morgan fingerprint density at radius 1 is 1.47 bits per heavy atom. The van der Waals surface area contributed by atoms with E-state index in [9.17, 15) is 4.79 Å². The van der Waals surface area contributed by atoms with Gasteiger partial charge in [0.25, 0.3) is 5.91 Å². The van der Waals surface area contributed by atoms with Gasteiger partial charge in [-0.1, -0.05) is 12.1 Å². The first-order valence-corrected chi connectivity index (χ1v) is 6.98. The van der Waals surface area contributed by atoms with E-state index < -0.39 is 0 Å². The lowest BCUT2D eigenvalue weighted by Crippen LogP contribution is -2.48. The lowest BCUT2D eigenvalue weighted by Gasteiger charge is -2.36. The molecule has 1 aliphatic rings. The number of likely N-dealkylation sites (tertiary alicyclic amines) is 1. The molecule has 2 N–H and O–H groups in total. The highest BCUT2D eigenvalue weighted by atomic mass is 127. The number of piperidine rings is 1. The highest BCUT2D eigenvalue weighted by molar-refractivity contribution is 14.1. The molecule has 0 saturated carbocycles. The fourth-order valence-corrected chi connectivity index (χ4v) is 2.92. The summed E-state index contributed by atoms with van der Waals surface area (Å²) in [5.74, 6) is 0.134. The van der Waals surface area contributed by atoms with Crippen molar-refractivity contribution in [3.05, 3.63) is 33.4 Å². The molecule has 0 aliphatic carbocycles. The Bertz CT molecular complexity index is 422. The van der Waals surface area contributed by atoms with Crippen LogP contribution in [0.3, 0.4) is 0 Å². The average molecular weight is 344 g/mol. The average Bonchev–Trinajstić information content (AvgIpc) is 2.29. The van der Waals surface area contributed by atoms with Crippen molar-refractivity contribution in [1.29, 1.82) is 0 Å². The van der Waals surface area contributed by atoms with E-state index in [0.717, 1.165) is 28.5 Å². The van der Waals surface area contributed by atoms with Gasteiger partial charge in [-0.25, -0.2) is 0 Å². The van der Waals surface area contributed by atoms with Gasteiger partial charge in [0.05, 0.1) is 5.56 Å². The van der Waals surface area contributed by atoms with Crippen LogP contribution in [0.1, 0.15) is 30.1 Å². The van der Waals surface area contributed by atoms with Gasteiger partial charge in [0.2, 0.25) is 0 Å². The predicted molar refractivity (Wildman–Crippen MR) is 76.9 cm³/mol. The summed E-state index contributed by atoms with van der Waals surface area (Å²) in [6, 6.07) is 8.20. The number of hydrogen-bond acceptors (Lipinski definition) is 2. The third-order valence-corrected chi connectivity index (χ3v) is 4.22. The number of nitrogens with two attached hydrogens (primary N) is 1. The van der Waals surface area contributed by atoms with Crippen LogP contribution in [-0.2, 0) is 0 Å². The highest BCUT2D eigenvalue weighted by Crippen LogP contribution is 2.21. The summed E-state index contributed by atoms with van der Waals surface area (Å²) in [5.41, 5.74) is 6.72. The van der Waals surface area contributed by atoms with Crippen molar-refractivity contribution < 1.29 is 4.79 Å². The van der Waals surface area contributed by atoms with E-state index in [1.54, 1.807) is 0 Å². The zero-order valence-corrected chi connectivity index (χ0v) is 12.1. The first kappa shape index (κ1) is 12.8. The largest absolute Gasteiger partial charge is 0.336 e. The Morgan fingerprint density at radius 3 is 2.82 bits per heavy atom. The second kappa shape index (κ2) is 5.35. The van der Waals surface area contributed by atoms with Crippen molar-refractivity contribution in [2.24, 2.45) is 5.73 Å². The summed E-state index contributed by atoms with van der Waals surface area (Å²) in [6.07, 6.45) is 1.80. The van der Waals surface area contributed by atoms with Gasteiger partial charge >= 0.3 is 0 Å². The quantitative estimate of drug-likeness (QED) is 0.795. The van der Waals surface area contributed by atoms with Gasteiger partial charge < -0.3 is 10.6 Å². The van der Waals surface area contributed by atoms with E-state index in [1.165, 1.54) is 0 Å². The van der Waals surface area contributed by atoms with Gasteiger partial charge in [0.1, 0.15) is 0 Å². The summed E-state index contributed by atoms with van der Waals surface area (Å²) >= 11 is 2.21. The van der Waals surface area contributed by atoms with Gasteiger partial charge in [0.15, 0.2) is 0 Å². The van der Waals surface area contributed by atoms with Crippen LogP contribution >= 0.6 is 22.6 Å². The minimum atomic E-state index is 0.134. The number of nitrogens with zero attached hydrogens (tertiary/aromatic N) is 1. The van der Waals surface area contributed by atoms with E-state index in [-0.39, 0.29) is 18.0 Å². The van der Waals surface area contributed by atoms with Crippen molar-refractivity contribution in [1.82, 2.24) is 4.90 Å². The molecule has 92 valence electrons. The van der Waals surface area contributed by atoms with Gasteiger partial charge in [0, 0.05) is 22.2 Å². The van der Waals surface area contributed by atoms with E-state index >= 15 is 0 Å². The van der Waals surface area contributed by atoms with Crippen molar-refractivity contribution in [3.8, 4) is 0 Å². The first-order chi connectivity index (χ1) is 8.09. The maximum absolute atomic E-state index is 12.4. The molecule has 1 aromatic carbocycles. The molecular formula is C13H17IN2O. The van der Waals surface area contributed by atoms with Crippen molar-refractivity contribution in [2.45, 2.75) is 31.8 Å². The second-order valence-corrected chi connectivity index (χ2v) is 5.77. The van der Waals surface area contributed by atoms with Crippen LogP contribution in [0.4, 0.5) is 0 Å². The molecule has 0 aromatic heterocycles. The molecule has 0 radical (unpaired) electrons. The SMILES string of the molecule is CC1CC(N)CCN1C(=O)c1ccccc1I. The summed E-state index contributed by atoms with van der Waals surface area (Å²) in [7, 11) is 0. The Labute approximate surface area is 116 Å². The molecule has 0 spiro atoms. The molecule has 1 amide bonds. The molecule has 1 aromatic rings. The number of carbonyl (C=O) groups is 1. The van der Waals surface area contributed by atoms with Crippen molar-refractivity contribution >= 4 is 28.5 Å². The molecule has 2 atom stereocenters. The topological polar surface area (TPSA) is 46.3 Å². The second-order valence-electron chi connectivity index (χ2n) is 4.61. The predicted octanol–water partition coefficient (Wildman–Crippen LogP) is 2.24. The lowest BCUT2D eigenvalue weighted by molar-refractivity contribution is 0.0618. The van der Waals surface area contributed by atoms with Crippen LogP contribution in [0.15, 0.2) is 24.3 Å². The zero-order valence-electron chi connectivity index (χ0n) is 9.90. The Hall–Kier alpha value is -0.620. The fraction of sp³-hybridized carbons (Fsp3) is 0.462. The zero-order chi connectivity index (χ0) is 12.4. The third-order valence-electron chi connectivity index (χ3n) is 3.28. The molecule has 1 heterocycles. The number of hydrogen-bond donors (Lipinski definition) is 1.